The van der Waals surface area contributed by atoms with E-state index in [4.69, 9.17) is 21.8 Å². The highest BCUT2D eigenvalue weighted by atomic mass is 35.5. The first kappa shape index (κ1) is 23.0. The van der Waals surface area contributed by atoms with Gasteiger partial charge in [-0.25, -0.2) is 4.98 Å². The monoisotopic (exact) mass is 436 g/mol. The quantitative estimate of drug-likeness (QED) is 0.529. The van der Waals surface area contributed by atoms with Gasteiger partial charge in [-0.1, -0.05) is 20.8 Å². The molecule has 1 unspecified atom stereocenters. The number of aromatic nitrogens is 2. The van der Waals surface area contributed by atoms with E-state index in [-0.39, 0.29) is 41.6 Å². The van der Waals surface area contributed by atoms with Gasteiger partial charge in [-0.3, -0.25) is 0 Å². The number of hydrogen-bond acceptors (Lipinski definition) is 6. The molecule has 0 aliphatic rings. The zero-order valence-corrected chi connectivity index (χ0v) is 18.0. The van der Waals surface area contributed by atoms with Crippen molar-refractivity contribution in [1.29, 1.82) is 0 Å². The smallest absolute Gasteiger partial charge is 0.224 e. The van der Waals surface area contributed by atoms with Crippen molar-refractivity contribution in [2.75, 3.05) is 5.32 Å². The molecular formula is C17H23Cl3N4OS. The molecule has 9 heteroatoms. The summed E-state index contributed by atoms with van der Waals surface area (Å²) in [6.07, 6.45) is 2.45. The lowest BCUT2D eigenvalue weighted by Crippen LogP contribution is -2.36. The first-order chi connectivity index (χ1) is 11.3. The fourth-order valence-electron chi connectivity index (χ4n) is 2.28. The van der Waals surface area contributed by atoms with E-state index in [1.54, 1.807) is 17.6 Å². The first-order valence-electron chi connectivity index (χ1n) is 7.81. The molecule has 0 bridgehead atoms. The molecule has 0 amide bonds. The number of nitrogens with two attached hydrogens (primary N) is 1. The summed E-state index contributed by atoms with van der Waals surface area (Å²) >= 11 is 7.72. The fourth-order valence-corrected chi connectivity index (χ4v) is 3.57. The van der Waals surface area contributed by atoms with E-state index in [0.29, 0.717) is 6.54 Å². The molecule has 3 N–H and O–H groups in total. The van der Waals surface area contributed by atoms with Crippen molar-refractivity contribution in [1.82, 2.24) is 9.97 Å². The highest BCUT2D eigenvalue weighted by molar-refractivity contribution is 7.19. The Balaban J connectivity index is 0.00000169. The number of hydrogen-bond donors (Lipinski definition) is 2. The maximum Gasteiger partial charge on any atom is 0.224 e. The molecule has 3 aromatic rings. The van der Waals surface area contributed by atoms with Crippen LogP contribution in [0.4, 0.5) is 5.82 Å². The van der Waals surface area contributed by atoms with E-state index < -0.39 is 0 Å². The normalized spacial score (nSPS) is 12.3. The molecule has 0 saturated heterocycles. The van der Waals surface area contributed by atoms with Gasteiger partial charge in [-0.15, -0.1) is 36.2 Å². The van der Waals surface area contributed by atoms with Crippen LogP contribution in [0.25, 0.3) is 10.2 Å². The van der Waals surface area contributed by atoms with Crippen molar-refractivity contribution in [2.24, 2.45) is 11.1 Å². The van der Waals surface area contributed by atoms with E-state index >= 15 is 0 Å². The lowest BCUT2D eigenvalue weighted by Gasteiger charge is -2.26. The molecule has 0 radical (unpaired) electrons. The molecule has 3 aromatic heterocycles. The van der Waals surface area contributed by atoms with Crippen LogP contribution >= 0.6 is 47.8 Å². The summed E-state index contributed by atoms with van der Waals surface area (Å²) in [5.74, 6) is 1.56. The highest BCUT2D eigenvalue weighted by Gasteiger charge is 2.22. The van der Waals surface area contributed by atoms with Gasteiger partial charge in [-0.05, 0) is 41.6 Å². The van der Waals surface area contributed by atoms with Crippen LogP contribution in [0.3, 0.4) is 0 Å². The Morgan fingerprint density at radius 2 is 2.04 bits per heavy atom. The lowest BCUT2D eigenvalue weighted by molar-refractivity contribution is 0.320. The lowest BCUT2D eigenvalue weighted by atomic mass is 9.85. The van der Waals surface area contributed by atoms with Crippen LogP contribution in [-0.2, 0) is 13.0 Å². The van der Waals surface area contributed by atoms with Gasteiger partial charge in [0.25, 0.3) is 0 Å². The highest BCUT2D eigenvalue weighted by Crippen LogP contribution is 2.33. The van der Waals surface area contributed by atoms with Gasteiger partial charge in [0.2, 0.25) is 5.28 Å². The molecule has 5 nitrogen and oxygen atoms in total. The summed E-state index contributed by atoms with van der Waals surface area (Å²) in [6, 6.07) is 5.90. The Morgan fingerprint density at radius 3 is 2.65 bits per heavy atom. The van der Waals surface area contributed by atoms with Crippen molar-refractivity contribution in [2.45, 2.75) is 39.8 Å². The SMILES string of the molecule is CC(C)(C)C(N)Cc1cc2nc(Cl)nc(NCc3ccco3)c2s1.Cl.Cl. The van der Waals surface area contributed by atoms with Crippen molar-refractivity contribution >= 4 is 63.8 Å². The standard InChI is InChI=1S/C17H21ClN4OS.2ClH/c1-17(2,3)13(19)8-11-7-12-14(24-11)15(22-16(18)21-12)20-9-10-5-4-6-23-10;;/h4-7,13H,8-9,19H2,1-3H3,(H,20,21,22);2*1H. The van der Waals surface area contributed by atoms with Crippen molar-refractivity contribution in [3.8, 4) is 0 Å². The Hall–Kier alpha value is -1.05. The number of halogens is 3. The van der Waals surface area contributed by atoms with Crippen LogP contribution in [0.1, 0.15) is 31.4 Å². The number of nitrogens with one attached hydrogen (secondary N) is 1. The van der Waals surface area contributed by atoms with Gasteiger partial charge < -0.3 is 15.5 Å². The molecule has 0 aliphatic carbocycles. The average molecular weight is 438 g/mol. The molecule has 3 rings (SSSR count). The third-order valence-electron chi connectivity index (χ3n) is 3.94. The Morgan fingerprint density at radius 1 is 1.31 bits per heavy atom. The molecule has 0 aliphatic heterocycles. The minimum Gasteiger partial charge on any atom is -0.467 e. The Bertz CT molecular complexity index is 831. The molecule has 3 heterocycles. The summed E-state index contributed by atoms with van der Waals surface area (Å²) in [5, 5.41) is 3.51. The second-order valence-corrected chi connectivity index (χ2v) is 8.35. The van der Waals surface area contributed by atoms with Crippen molar-refractivity contribution in [3.05, 3.63) is 40.4 Å². The summed E-state index contributed by atoms with van der Waals surface area (Å²) < 4.78 is 6.33. The minimum atomic E-state index is 0. The number of fused-ring (bicyclic) bond motifs is 1. The number of furan rings is 1. The first-order valence-corrected chi connectivity index (χ1v) is 9.00. The summed E-state index contributed by atoms with van der Waals surface area (Å²) in [6.45, 7) is 7.00. The molecule has 1 atom stereocenters. The maximum absolute atomic E-state index is 6.31. The number of nitrogens with zero attached hydrogens (tertiary/aromatic N) is 2. The zero-order valence-electron chi connectivity index (χ0n) is 14.8. The molecular weight excluding hydrogens is 415 g/mol. The van der Waals surface area contributed by atoms with Crippen LogP contribution in [0, 0.1) is 5.41 Å². The topological polar surface area (TPSA) is 77.0 Å². The maximum atomic E-state index is 6.31. The Kier molecular flexibility index (Phi) is 8.17. The van der Waals surface area contributed by atoms with Gasteiger partial charge in [-0.2, -0.15) is 4.98 Å². The van der Waals surface area contributed by atoms with Crippen LogP contribution < -0.4 is 11.1 Å². The van der Waals surface area contributed by atoms with E-state index in [2.05, 4.69) is 42.1 Å². The largest absolute Gasteiger partial charge is 0.467 e. The fraction of sp³-hybridized carbons (Fsp3) is 0.412. The average Bonchev–Trinajstić information content (AvgIpc) is 3.12. The van der Waals surface area contributed by atoms with Crippen LogP contribution in [0.2, 0.25) is 5.28 Å². The summed E-state index contributed by atoms with van der Waals surface area (Å²) in [5.41, 5.74) is 7.21. The number of rotatable bonds is 5. The molecule has 0 aromatic carbocycles. The van der Waals surface area contributed by atoms with Gasteiger partial charge in [0.1, 0.15) is 11.6 Å². The van der Waals surface area contributed by atoms with Crippen LogP contribution in [0.5, 0.6) is 0 Å². The number of anilines is 1. The molecule has 144 valence electrons. The van der Waals surface area contributed by atoms with Gasteiger partial charge in [0.15, 0.2) is 0 Å². The van der Waals surface area contributed by atoms with Crippen LogP contribution in [0.15, 0.2) is 28.9 Å². The van der Waals surface area contributed by atoms with Gasteiger partial charge in [0.05, 0.1) is 23.0 Å². The van der Waals surface area contributed by atoms with E-state index in [9.17, 15) is 0 Å². The third-order valence-corrected chi connectivity index (χ3v) is 5.26. The second kappa shape index (κ2) is 9.24. The van der Waals surface area contributed by atoms with E-state index in [1.807, 2.05) is 12.1 Å². The Labute approximate surface area is 174 Å². The molecule has 26 heavy (non-hydrogen) atoms. The van der Waals surface area contributed by atoms with Gasteiger partial charge >= 0.3 is 0 Å². The molecule has 0 spiro atoms. The predicted molar refractivity (Wildman–Crippen MR) is 114 cm³/mol. The van der Waals surface area contributed by atoms with Crippen molar-refractivity contribution < 1.29 is 4.42 Å². The van der Waals surface area contributed by atoms with E-state index in [1.165, 1.54) is 4.88 Å². The van der Waals surface area contributed by atoms with Crippen molar-refractivity contribution in [3.63, 3.8) is 0 Å². The minimum absolute atomic E-state index is 0. The molecule has 0 saturated carbocycles. The van der Waals surface area contributed by atoms with Gasteiger partial charge in [0, 0.05) is 10.9 Å². The summed E-state index contributed by atoms with van der Waals surface area (Å²) in [7, 11) is 0. The second-order valence-electron chi connectivity index (χ2n) is 6.88. The number of thiophene rings is 1. The third kappa shape index (κ3) is 5.47. The zero-order chi connectivity index (χ0) is 17.3. The predicted octanol–water partition coefficient (Wildman–Crippen LogP) is 5.31. The van der Waals surface area contributed by atoms with E-state index in [0.717, 1.165) is 28.2 Å². The molecule has 0 fully saturated rings. The van der Waals surface area contributed by atoms with Crippen LogP contribution in [-0.4, -0.2) is 16.0 Å². The summed E-state index contributed by atoms with van der Waals surface area (Å²) in [4.78, 5) is 9.84.